The Hall–Kier alpha value is -2.46. The molecule has 1 fully saturated rings. The van der Waals surface area contributed by atoms with Crippen LogP contribution in [0.3, 0.4) is 0 Å². The van der Waals surface area contributed by atoms with Crippen LogP contribution in [0.5, 0.6) is 0 Å². The average molecular weight is 401 g/mol. The largest absolute Gasteiger partial charge is 0.506 e. The van der Waals surface area contributed by atoms with E-state index in [-0.39, 0.29) is 18.5 Å². The van der Waals surface area contributed by atoms with Crippen molar-refractivity contribution in [3.63, 3.8) is 0 Å². The highest BCUT2D eigenvalue weighted by molar-refractivity contribution is 6.24. The normalized spacial score (nSPS) is 20.1. The molecule has 0 aliphatic heterocycles. The molecule has 1 N–H and O–H groups in total. The van der Waals surface area contributed by atoms with E-state index in [1.54, 1.807) is 0 Å². The first kappa shape index (κ1) is 20.8. The van der Waals surface area contributed by atoms with E-state index >= 15 is 0 Å². The number of hydrogen-bond acceptors (Lipinski definition) is 3. The van der Waals surface area contributed by atoms with Crippen molar-refractivity contribution in [1.29, 1.82) is 0 Å². The number of nitrogens with zero attached hydrogens (tertiary/aromatic N) is 1. The number of aliphatic hydroxyl groups is 1. The van der Waals surface area contributed by atoms with Crippen molar-refractivity contribution < 1.29 is 45.0 Å². The number of hydrogen-bond donors (Lipinski definition) is 1. The van der Waals surface area contributed by atoms with Crippen LogP contribution < -0.4 is 0 Å². The number of ketones is 1. The standard InChI is InChI=1S/C16H11F8NO2/c17-8-4-6-9(7-5-8)25-10-2-1-3-11(26)12(10)13(27)14(18,19)15(20,21)16(22,23)24/h4-7,27H,1-3H2/b13-12+,25-10?. The molecule has 0 bridgehead atoms. The van der Waals surface area contributed by atoms with Crippen LogP contribution >= 0.6 is 0 Å². The molecule has 1 aliphatic carbocycles. The summed E-state index contributed by atoms with van der Waals surface area (Å²) in [5.41, 5.74) is -2.05. The summed E-state index contributed by atoms with van der Waals surface area (Å²) in [6.45, 7) is 0. The van der Waals surface area contributed by atoms with Crippen LogP contribution in [0.4, 0.5) is 40.8 Å². The van der Waals surface area contributed by atoms with E-state index in [1.807, 2.05) is 0 Å². The summed E-state index contributed by atoms with van der Waals surface area (Å²) in [5, 5.41) is 9.55. The van der Waals surface area contributed by atoms with Crippen LogP contribution in [-0.4, -0.2) is 34.6 Å². The summed E-state index contributed by atoms with van der Waals surface area (Å²) in [6, 6.07) is 4.00. The molecule has 0 radical (unpaired) electrons. The Morgan fingerprint density at radius 2 is 1.52 bits per heavy atom. The molecule has 1 aliphatic rings. The van der Waals surface area contributed by atoms with Crippen LogP contribution in [0.15, 0.2) is 40.6 Å². The first-order valence-electron chi connectivity index (χ1n) is 7.42. The SMILES string of the molecule is O=C1CCCC(=Nc2ccc(F)cc2)/C1=C(\O)C(F)(F)C(F)(F)C(F)(F)F. The lowest BCUT2D eigenvalue weighted by Gasteiger charge is -2.29. The lowest BCUT2D eigenvalue weighted by Crippen LogP contribution is -2.53. The molecular weight excluding hydrogens is 390 g/mol. The molecule has 0 aromatic heterocycles. The number of aliphatic hydroxyl groups excluding tert-OH is 1. The van der Waals surface area contributed by atoms with Gasteiger partial charge in [0.25, 0.3) is 0 Å². The Morgan fingerprint density at radius 1 is 0.963 bits per heavy atom. The van der Waals surface area contributed by atoms with E-state index in [0.717, 1.165) is 24.3 Å². The lowest BCUT2D eigenvalue weighted by atomic mass is 9.88. The van der Waals surface area contributed by atoms with Crippen LogP contribution in [0, 0.1) is 5.82 Å². The number of carbonyl (C=O) groups is 1. The van der Waals surface area contributed by atoms with E-state index in [0.29, 0.717) is 0 Å². The summed E-state index contributed by atoms with van der Waals surface area (Å²) >= 11 is 0. The van der Waals surface area contributed by atoms with Gasteiger partial charge in [-0.1, -0.05) is 0 Å². The van der Waals surface area contributed by atoms with Gasteiger partial charge in [0.2, 0.25) is 0 Å². The molecule has 148 valence electrons. The molecule has 27 heavy (non-hydrogen) atoms. The van der Waals surface area contributed by atoms with E-state index < -0.39 is 53.1 Å². The van der Waals surface area contributed by atoms with E-state index in [4.69, 9.17) is 0 Å². The van der Waals surface area contributed by atoms with Gasteiger partial charge < -0.3 is 5.11 Å². The third-order valence-electron chi connectivity index (χ3n) is 3.76. The molecule has 2 rings (SSSR count). The second-order valence-electron chi connectivity index (χ2n) is 5.68. The predicted molar refractivity (Wildman–Crippen MR) is 78.0 cm³/mol. The first-order chi connectivity index (χ1) is 12.3. The maximum absolute atomic E-state index is 13.8. The molecule has 0 amide bonds. The molecular formula is C16H11F8NO2. The van der Waals surface area contributed by atoms with Crippen LogP contribution in [0.1, 0.15) is 19.3 Å². The fourth-order valence-electron chi connectivity index (χ4n) is 2.36. The molecule has 3 nitrogen and oxygen atoms in total. The second-order valence-corrected chi connectivity index (χ2v) is 5.68. The summed E-state index contributed by atoms with van der Waals surface area (Å²) in [5.74, 6) is -17.3. The monoisotopic (exact) mass is 401 g/mol. The van der Waals surface area contributed by atoms with Gasteiger partial charge >= 0.3 is 18.0 Å². The van der Waals surface area contributed by atoms with Crippen LogP contribution in [0.2, 0.25) is 0 Å². The van der Waals surface area contributed by atoms with Gasteiger partial charge in [0.05, 0.1) is 17.0 Å². The number of carbonyl (C=O) groups excluding carboxylic acids is 1. The molecule has 11 heteroatoms. The highest BCUT2D eigenvalue weighted by Gasteiger charge is 2.75. The molecule has 0 atom stereocenters. The van der Waals surface area contributed by atoms with Crippen molar-refractivity contribution in [2.75, 3.05) is 0 Å². The Kier molecular flexibility index (Phi) is 5.35. The highest BCUT2D eigenvalue weighted by Crippen LogP contribution is 2.50. The Balaban J connectivity index is 2.61. The average Bonchev–Trinajstić information content (AvgIpc) is 2.55. The molecule has 1 saturated carbocycles. The Bertz CT molecular complexity index is 794. The quantitative estimate of drug-likeness (QED) is 0.425. The third kappa shape index (κ3) is 3.81. The molecule has 1 aromatic carbocycles. The molecule has 0 spiro atoms. The van der Waals surface area contributed by atoms with Crippen LogP contribution in [-0.2, 0) is 4.79 Å². The van der Waals surface area contributed by atoms with Gasteiger partial charge in [-0.05, 0) is 37.1 Å². The van der Waals surface area contributed by atoms with Gasteiger partial charge in [0.1, 0.15) is 5.82 Å². The smallest absolute Gasteiger partial charge is 0.460 e. The van der Waals surface area contributed by atoms with Gasteiger partial charge in [0, 0.05) is 6.42 Å². The lowest BCUT2D eigenvalue weighted by molar-refractivity contribution is -0.349. The van der Waals surface area contributed by atoms with E-state index in [9.17, 15) is 45.0 Å². The summed E-state index contributed by atoms with van der Waals surface area (Å²) in [7, 11) is 0. The summed E-state index contributed by atoms with van der Waals surface area (Å²) in [6.07, 6.45) is -7.31. The third-order valence-corrected chi connectivity index (χ3v) is 3.76. The molecule has 1 aromatic rings. The minimum absolute atomic E-state index is 0.0525. The number of allylic oxidation sites excluding steroid dienone is 2. The number of halogens is 8. The zero-order valence-electron chi connectivity index (χ0n) is 13.3. The number of benzene rings is 1. The van der Waals surface area contributed by atoms with E-state index in [1.165, 1.54) is 0 Å². The van der Waals surface area contributed by atoms with Gasteiger partial charge in [-0.3, -0.25) is 9.79 Å². The zero-order valence-corrected chi connectivity index (χ0v) is 13.3. The predicted octanol–water partition coefficient (Wildman–Crippen LogP) is 5.30. The minimum atomic E-state index is -6.67. The Labute approximate surface area is 147 Å². The second kappa shape index (κ2) is 6.93. The molecule has 0 unspecified atom stereocenters. The van der Waals surface area contributed by atoms with Crippen molar-refractivity contribution in [2.45, 2.75) is 37.3 Å². The fraction of sp³-hybridized carbons (Fsp3) is 0.375. The van der Waals surface area contributed by atoms with Gasteiger partial charge in [0.15, 0.2) is 11.5 Å². The Morgan fingerprint density at radius 3 is 2.04 bits per heavy atom. The molecule has 0 saturated heterocycles. The first-order valence-corrected chi connectivity index (χ1v) is 7.42. The highest BCUT2D eigenvalue weighted by atomic mass is 19.4. The van der Waals surface area contributed by atoms with Gasteiger partial charge in [-0.15, -0.1) is 0 Å². The number of aliphatic imine (C=N–C) groups is 1. The van der Waals surface area contributed by atoms with Crippen molar-refractivity contribution in [3.05, 3.63) is 41.4 Å². The molecule has 0 heterocycles. The zero-order chi connectivity index (χ0) is 20.6. The fourth-order valence-corrected chi connectivity index (χ4v) is 2.36. The van der Waals surface area contributed by atoms with Crippen molar-refractivity contribution in [3.8, 4) is 0 Å². The number of rotatable bonds is 3. The summed E-state index contributed by atoms with van der Waals surface area (Å²) in [4.78, 5) is 15.6. The van der Waals surface area contributed by atoms with Gasteiger partial charge in [-0.25, -0.2) is 4.39 Å². The van der Waals surface area contributed by atoms with E-state index in [2.05, 4.69) is 4.99 Å². The topological polar surface area (TPSA) is 49.7 Å². The number of Topliss-reactive ketones (excluding diaryl/α,β-unsaturated/α-hetero) is 1. The minimum Gasteiger partial charge on any atom is -0.506 e. The van der Waals surface area contributed by atoms with Crippen molar-refractivity contribution >= 4 is 17.2 Å². The maximum atomic E-state index is 13.8. The van der Waals surface area contributed by atoms with Crippen LogP contribution in [0.25, 0.3) is 0 Å². The summed E-state index contributed by atoms with van der Waals surface area (Å²) < 4.78 is 104. The maximum Gasteiger partial charge on any atom is 0.460 e. The number of alkyl halides is 7. The van der Waals surface area contributed by atoms with Crippen molar-refractivity contribution in [1.82, 2.24) is 0 Å². The van der Waals surface area contributed by atoms with Crippen molar-refractivity contribution in [2.24, 2.45) is 4.99 Å². The van der Waals surface area contributed by atoms with Gasteiger partial charge in [-0.2, -0.15) is 30.7 Å².